The van der Waals surface area contributed by atoms with E-state index in [1.54, 1.807) is 4.90 Å². The number of thiocarbonyl (C=S) groups is 1. The molecule has 2 aliphatic heterocycles. The van der Waals surface area contributed by atoms with Gasteiger partial charge in [-0.2, -0.15) is 26.3 Å². The number of alkyl halides is 6. The standard InChI is InChI=1S/C24H24F6N4O2S/c25-23(26,27)17-1-5-19(6-2-17)31-21(32-9-13-35-14-10-32)34(22(37)33-11-15-36-16-12-33)20-7-3-18(4-8-20)24(28,29)30/h1-8H,9-16H2. The minimum Gasteiger partial charge on any atom is -0.378 e. The number of rotatable bonds is 2. The summed E-state index contributed by atoms with van der Waals surface area (Å²) in [6, 6.07) is 8.87. The lowest BCUT2D eigenvalue weighted by molar-refractivity contribution is -0.138. The molecule has 0 aliphatic carbocycles. The molecule has 6 nitrogen and oxygen atoms in total. The zero-order valence-electron chi connectivity index (χ0n) is 19.6. The lowest BCUT2D eigenvalue weighted by Crippen LogP contribution is -2.56. The topological polar surface area (TPSA) is 40.5 Å². The van der Waals surface area contributed by atoms with Crippen LogP contribution < -0.4 is 4.90 Å². The zero-order chi connectivity index (χ0) is 26.6. The van der Waals surface area contributed by atoms with Crippen LogP contribution >= 0.6 is 12.2 Å². The highest BCUT2D eigenvalue weighted by Crippen LogP contribution is 2.33. The van der Waals surface area contributed by atoms with Crippen LogP contribution in [0.4, 0.5) is 37.7 Å². The molecule has 0 unspecified atom stereocenters. The van der Waals surface area contributed by atoms with E-state index in [0.29, 0.717) is 63.4 Å². The lowest BCUT2D eigenvalue weighted by atomic mass is 10.2. The summed E-state index contributed by atoms with van der Waals surface area (Å²) < 4.78 is 89.8. The highest BCUT2D eigenvalue weighted by atomic mass is 32.1. The molecule has 0 aromatic heterocycles. The molecule has 0 spiro atoms. The Hall–Kier alpha value is -2.90. The Morgan fingerprint density at radius 3 is 1.59 bits per heavy atom. The van der Waals surface area contributed by atoms with Crippen molar-refractivity contribution in [1.29, 1.82) is 0 Å². The number of hydrogen-bond donors (Lipinski definition) is 0. The number of ether oxygens (including phenoxy) is 2. The van der Waals surface area contributed by atoms with Crippen molar-refractivity contribution in [3.8, 4) is 0 Å². The molecule has 200 valence electrons. The minimum atomic E-state index is -4.52. The van der Waals surface area contributed by atoms with E-state index in [2.05, 4.69) is 4.99 Å². The van der Waals surface area contributed by atoms with E-state index in [1.165, 1.54) is 24.3 Å². The SMILES string of the molecule is FC(F)(F)c1ccc(N=C(N2CCOCC2)N(C(=S)N2CCOCC2)c2ccc(C(F)(F)F)cc2)cc1. The van der Waals surface area contributed by atoms with Gasteiger partial charge in [-0.3, -0.25) is 4.90 Å². The maximum absolute atomic E-state index is 13.2. The zero-order valence-corrected chi connectivity index (χ0v) is 20.4. The van der Waals surface area contributed by atoms with Gasteiger partial charge in [-0.05, 0) is 60.7 Å². The minimum absolute atomic E-state index is 0.233. The first kappa shape index (κ1) is 27.1. The molecule has 13 heteroatoms. The van der Waals surface area contributed by atoms with E-state index >= 15 is 0 Å². The first-order valence-electron chi connectivity index (χ1n) is 11.5. The molecule has 0 radical (unpaired) electrons. The van der Waals surface area contributed by atoms with Crippen molar-refractivity contribution >= 4 is 34.7 Å². The van der Waals surface area contributed by atoms with Crippen molar-refractivity contribution in [2.24, 2.45) is 4.99 Å². The van der Waals surface area contributed by atoms with Crippen LogP contribution in [-0.2, 0) is 21.8 Å². The first-order chi connectivity index (χ1) is 17.5. The van der Waals surface area contributed by atoms with Crippen molar-refractivity contribution in [3.05, 3.63) is 59.7 Å². The number of nitrogens with zero attached hydrogens (tertiary/aromatic N) is 4. The van der Waals surface area contributed by atoms with Gasteiger partial charge in [-0.15, -0.1) is 0 Å². The molecule has 2 aromatic rings. The van der Waals surface area contributed by atoms with Gasteiger partial charge in [-0.25, -0.2) is 4.99 Å². The van der Waals surface area contributed by atoms with Crippen LogP contribution in [0, 0.1) is 0 Å². The fourth-order valence-electron chi connectivity index (χ4n) is 3.87. The molecule has 0 N–H and O–H groups in total. The molecule has 2 heterocycles. The smallest absolute Gasteiger partial charge is 0.378 e. The van der Waals surface area contributed by atoms with Gasteiger partial charge in [0.2, 0.25) is 5.96 Å². The van der Waals surface area contributed by atoms with Gasteiger partial charge < -0.3 is 19.3 Å². The van der Waals surface area contributed by atoms with Crippen molar-refractivity contribution in [1.82, 2.24) is 9.80 Å². The Morgan fingerprint density at radius 1 is 0.703 bits per heavy atom. The number of aliphatic imine (C=N–C) groups is 1. The largest absolute Gasteiger partial charge is 0.416 e. The van der Waals surface area contributed by atoms with Crippen molar-refractivity contribution in [2.75, 3.05) is 57.5 Å². The second-order valence-electron chi connectivity index (χ2n) is 8.32. The number of hydrogen-bond acceptors (Lipinski definition) is 4. The molecule has 0 saturated carbocycles. The Morgan fingerprint density at radius 2 is 1.14 bits per heavy atom. The van der Waals surface area contributed by atoms with E-state index in [-0.39, 0.29) is 11.6 Å². The van der Waals surface area contributed by atoms with Gasteiger partial charge in [0.05, 0.1) is 48.9 Å². The van der Waals surface area contributed by atoms with E-state index in [0.717, 1.165) is 24.3 Å². The summed E-state index contributed by atoms with van der Waals surface area (Å²) in [5, 5.41) is 0.292. The second-order valence-corrected chi connectivity index (χ2v) is 8.68. The van der Waals surface area contributed by atoms with Crippen LogP contribution in [-0.4, -0.2) is 73.5 Å². The number of anilines is 1. The number of benzene rings is 2. The third-order valence-corrected chi connectivity index (χ3v) is 6.28. The molecule has 2 aliphatic rings. The molecule has 0 bridgehead atoms. The van der Waals surface area contributed by atoms with Gasteiger partial charge in [0.25, 0.3) is 0 Å². The molecule has 2 aromatic carbocycles. The van der Waals surface area contributed by atoms with Crippen molar-refractivity contribution in [3.63, 3.8) is 0 Å². The summed E-state index contributed by atoms with van der Waals surface area (Å²) in [6.07, 6.45) is -9.02. The molecular formula is C24H24F6N4O2S. The maximum atomic E-state index is 13.2. The Kier molecular flexibility index (Phi) is 8.24. The molecule has 0 atom stereocenters. The molecule has 4 rings (SSSR count). The van der Waals surface area contributed by atoms with Crippen LogP contribution in [0.2, 0.25) is 0 Å². The Bertz CT molecular complexity index is 1090. The van der Waals surface area contributed by atoms with Gasteiger partial charge in [0.1, 0.15) is 0 Å². The quantitative estimate of drug-likeness (QED) is 0.224. The highest BCUT2D eigenvalue weighted by Gasteiger charge is 2.33. The number of guanidine groups is 1. The summed E-state index contributed by atoms with van der Waals surface area (Å²) >= 11 is 5.80. The average molecular weight is 547 g/mol. The maximum Gasteiger partial charge on any atom is 0.416 e. The van der Waals surface area contributed by atoms with E-state index in [9.17, 15) is 26.3 Å². The summed E-state index contributed by atoms with van der Waals surface area (Å²) in [4.78, 5) is 9.92. The molecule has 37 heavy (non-hydrogen) atoms. The molecule has 2 fully saturated rings. The fraction of sp³-hybridized carbons (Fsp3) is 0.417. The van der Waals surface area contributed by atoms with Crippen molar-refractivity contribution in [2.45, 2.75) is 12.4 Å². The summed E-state index contributed by atoms with van der Waals surface area (Å²) in [6.45, 7) is 3.33. The van der Waals surface area contributed by atoms with Gasteiger partial charge in [0, 0.05) is 26.2 Å². The van der Waals surface area contributed by atoms with Gasteiger partial charge >= 0.3 is 12.4 Å². The van der Waals surface area contributed by atoms with Crippen LogP contribution in [0.1, 0.15) is 11.1 Å². The first-order valence-corrected chi connectivity index (χ1v) is 11.9. The molecule has 0 amide bonds. The Labute approximate surface area is 215 Å². The van der Waals surface area contributed by atoms with Crippen LogP contribution in [0.5, 0.6) is 0 Å². The van der Waals surface area contributed by atoms with E-state index in [1.807, 2.05) is 9.80 Å². The van der Waals surface area contributed by atoms with E-state index in [4.69, 9.17) is 21.7 Å². The number of halogens is 6. The van der Waals surface area contributed by atoms with Gasteiger partial charge in [-0.1, -0.05) is 0 Å². The predicted octanol–water partition coefficient (Wildman–Crippen LogP) is 5.17. The van der Waals surface area contributed by atoms with Crippen molar-refractivity contribution < 1.29 is 35.8 Å². The summed E-state index contributed by atoms with van der Waals surface area (Å²) in [5.41, 5.74) is -1.07. The summed E-state index contributed by atoms with van der Waals surface area (Å²) in [5.74, 6) is 0.277. The second kappa shape index (κ2) is 11.2. The Balaban J connectivity index is 1.79. The third kappa shape index (κ3) is 6.70. The van der Waals surface area contributed by atoms with Gasteiger partial charge in [0.15, 0.2) is 5.11 Å². The van der Waals surface area contributed by atoms with Crippen LogP contribution in [0.15, 0.2) is 53.5 Å². The average Bonchev–Trinajstić information content (AvgIpc) is 2.89. The van der Waals surface area contributed by atoms with Crippen LogP contribution in [0.3, 0.4) is 0 Å². The molecular weight excluding hydrogens is 522 g/mol. The monoisotopic (exact) mass is 546 g/mol. The summed E-state index contributed by atoms with van der Waals surface area (Å²) in [7, 11) is 0. The fourth-order valence-corrected chi connectivity index (χ4v) is 4.24. The van der Waals surface area contributed by atoms with Crippen LogP contribution in [0.25, 0.3) is 0 Å². The highest BCUT2D eigenvalue weighted by molar-refractivity contribution is 7.80. The predicted molar refractivity (Wildman–Crippen MR) is 130 cm³/mol. The number of morpholine rings is 2. The van der Waals surface area contributed by atoms with E-state index < -0.39 is 23.5 Å². The normalized spacial score (nSPS) is 17.6. The third-order valence-electron chi connectivity index (χ3n) is 5.84. The lowest BCUT2D eigenvalue weighted by Gasteiger charge is -2.40. The molecule has 2 saturated heterocycles.